The quantitative estimate of drug-likeness (QED) is 0.747. The molecule has 2 aliphatic rings. The highest BCUT2D eigenvalue weighted by Gasteiger charge is 2.30. The molecule has 0 saturated carbocycles. The number of hydrogen-bond acceptors (Lipinski definition) is 4. The summed E-state index contributed by atoms with van der Waals surface area (Å²) < 4.78 is 5.30. The topological polar surface area (TPSA) is 61.8 Å². The Morgan fingerprint density at radius 3 is 2.61 bits per heavy atom. The summed E-state index contributed by atoms with van der Waals surface area (Å²) in [5, 5.41) is 12.7. The van der Waals surface area contributed by atoms with Gasteiger partial charge in [0.1, 0.15) is 6.04 Å². The van der Waals surface area contributed by atoms with Crippen LogP contribution in [-0.2, 0) is 9.53 Å². The van der Waals surface area contributed by atoms with Gasteiger partial charge in [-0.25, -0.2) is 0 Å². The number of nitrogens with one attached hydrogen (secondary N) is 1. The van der Waals surface area contributed by atoms with Gasteiger partial charge >= 0.3 is 0 Å². The predicted molar refractivity (Wildman–Crippen MR) is 70.8 cm³/mol. The number of nitrogens with zero attached hydrogens (tertiary/aromatic N) is 1. The van der Waals surface area contributed by atoms with Crippen molar-refractivity contribution in [2.75, 3.05) is 32.8 Å². The molecule has 1 amide bonds. The predicted octanol–water partition coefficient (Wildman–Crippen LogP) is 0.0160. The van der Waals surface area contributed by atoms with Gasteiger partial charge in [-0.2, -0.15) is 0 Å². The molecule has 5 nitrogen and oxygen atoms in total. The van der Waals surface area contributed by atoms with Crippen LogP contribution >= 0.6 is 12.4 Å². The van der Waals surface area contributed by atoms with Gasteiger partial charge in [0, 0.05) is 19.6 Å². The Morgan fingerprint density at radius 1 is 1.44 bits per heavy atom. The first-order valence-corrected chi connectivity index (χ1v) is 6.46. The molecular formula is C12H23ClN2O3. The van der Waals surface area contributed by atoms with Crippen LogP contribution in [0.15, 0.2) is 0 Å². The van der Waals surface area contributed by atoms with Crippen LogP contribution in [0, 0.1) is 5.92 Å². The summed E-state index contributed by atoms with van der Waals surface area (Å²) in [5.41, 5.74) is 0. The summed E-state index contributed by atoms with van der Waals surface area (Å²) in [6.45, 7) is 5.27. The summed E-state index contributed by atoms with van der Waals surface area (Å²) >= 11 is 0. The third kappa shape index (κ3) is 3.82. The normalized spacial score (nSPS) is 27.4. The van der Waals surface area contributed by atoms with Gasteiger partial charge in [-0.1, -0.05) is 0 Å². The van der Waals surface area contributed by atoms with Crippen LogP contribution in [0.1, 0.15) is 19.8 Å². The molecule has 0 aliphatic carbocycles. The van der Waals surface area contributed by atoms with E-state index in [4.69, 9.17) is 4.74 Å². The number of amides is 1. The Bertz CT molecular complexity index is 262. The summed E-state index contributed by atoms with van der Waals surface area (Å²) in [6.07, 6.45) is 1.54. The van der Waals surface area contributed by atoms with E-state index in [0.29, 0.717) is 19.1 Å². The summed E-state index contributed by atoms with van der Waals surface area (Å²) in [4.78, 5) is 14.0. The van der Waals surface area contributed by atoms with E-state index in [-0.39, 0.29) is 30.5 Å². The molecule has 0 aromatic heterocycles. The van der Waals surface area contributed by atoms with Crippen LogP contribution in [0.25, 0.3) is 0 Å². The molecule has 0 radical (unpaired) electrons. The first kappa shape index (κ1) is 15.7. The van der Waals surface area contributed by atoms with Crippen molar-refractivity contribution < 1.29 is 14.6 Å². The zero-order chi connectivity index (χ0) is 12.3. The van der Waals surface area contributed by atoms with E-state index >= 15 is 0 Å². The van der Waals surface area contributed by atoms with Gasteiger partial charge in [-0.05, 0) is 25.7 Å². The molecule has 0 spiro atoms. The van der Waals surface area contributed by atoms with Crippen LogP contribution in [0.4, 0.5) is 0 Å². The molecule has 106 valence electrons. The molecule has 2 heterocycles. The molecule has 0 aromatic rings. The number of aliphatic hydroxyl groups excluding tert-OH is 1. The lowest BCUT2D eigenvalue weighted by molar-refractivity contribution is -0.138. The molecule has 18 heavy (non-hydrogen) atoms. The maximum atomic E-state index is 12.2. The van der Waals surface area contributed by atoms with Crippen LogP contribution in [0.3, 0.4) is 0 Å². The number of likely N-dealkylation sites (tertiary alicyclic amines) is 1. The number of morpholine rings is 1. The molecule has 6 heteroatoms. The fourth-order valence-electron chi connectivity index (χ4n) is 2.55. The number of carbonyl (C=O) groups excluding carboxylic acids is 1. The Kier molecular flexibility index (Phi) is 6.35. The minimum Gasteiger partial charge on any atom is -0.393 e. The number of rotatable bonds is 2. The monoisotopic (exact) mass is 278 g/mol. The van der Waals surface area contributed by atoms with Crippen molar-refractivity contribution in [3.8, 4) is 0 Å². The highest BCUT2D eigenvalue weighted by Crippen LogP contribution is 2.21. The zero-order valence-corrected chi connectivity index (χ0v) is 11.6. The van der Waals surface area contributed by atoms with Crippen molar-refractivity contribution >= 4 is 18.3 Å². The van der Waals surface area contributed by atoms with Crippen molar-refractivity contribution in [1.82, 2.24) is 10.2 Å². The fourth-order valence-corrected chi connectivity index (χ4v) is 2.55. The number of halogens is 1. The maximum Gasteiger partial charge on any atom is 0.242 e. The third-order valence-electron chi connectivity index (χ3n) is 3.75. The van der Waals surface area contributed by atoms with E-state index in [2.05, 4.69) is 5.32 Å². The van der Waals surface area contributed by atoms with Gasteiger partial charge < -0.3 is 20.1 Å². The van der Waals surface area contributed by atoms with Gasteiger partial charge in [0.05, 0.1) is 19.3 Å². The lowest BCUT2D eigenvalue weighted by Crippen LogP contribution is -2.54. The van der Waals surface area contributed by atoms with E-state index in [1.165, 1.54) is 0 Å². The Hall–Kier alpha value is -0.360. The molecule has 0 bridgehead atoms. The van der Waals surface area contributed by atoms with E-state index in [1.54, 1.807) is 0 Å². The van der Waals surface area contributed by atoms with E-state index in [9.17, 15) is 9.90 Å². The molecule has 2 unspecified atom stereocenters. The second-order valence-corrected chi connectivity index (χ2v) is 4.98. The van der Waals surface area contributed by atoms with Crippen molar-refractivity contribution in [1.29, 1.82) is 0 Å². The van der Waals surface area contributed by atoms with Gasteiger partial charge in [0.2, 0.25) is 5.91 Å². The average molecular weight is 279 g/mol. The molecule has 2 rings (SSSR count). The molecule has 0 aromatic carbocycles. The van der Waals surface area contributed by atoms with Gasteiger partial charge in [0.25, 0.3) is 0 Å². The van der Waals surface area contributed by atoms with Crippen molar-refractivity contribution in [3.63, 3.8) is 0 Å². The number of piperidine rings is 1. The molecule has 2 fully saturated rings. The molecular weight excluding hydrogens is 256 g/mol. The third-order valence-corrected chi connectivity index (χ3v) is 3.75. The number of hydrogen-bond donors (Lipinski definition) is 2. The zero-order valence-electron chi connectivity index (χ0n) is 10.8. The van der Waals surface area contributed by atoms with Crippen LogP contribution in [0.5, 0.6) is 0 Å². The second kappa shape index (κ2) is 7.28. The largest absolute Gasteiger partial charge is 0.393 e. The summed E-state index contributed by atoms with van der Waals surface area (Å²) in [5.74, 6) is 0.489. The lowest BCUT2D eigenvalue weighted by Gasteiger charge is -2.36. The molecule has 2 saturated heterocycles. The number of aliphatic hydroxyl groups is 1. The van der Waals surface area contributed by atoms with Crippen molar-refractivity contribution in [2.24, 2.45) is 5.92 Å². The summed E-state index contributed by atoms with van der Waals surface area (Å²) in [7, 11) is 0. The minimum atomic E-state index is -0.261. The van der Waals surface area contributed by atoms with Crippen molar-refractivity contribution in [3.05, 3.63) is 0 Å². The number of carbonyl (C=O) groups is 1. The lowest BCUT2D eigenvalue weighted by atomic mass is 9.92. The SMILES string of the molecule is CC(O)C1CCN(C(=O)C2COCCN2)CC1.Cl. The fraction of sp³-hybridized carbons (Fsp3) is 0.917. The molecule has 2 atom stereocenters. The van der Waals surface area contributed by atoms with Gasteiger partial charge in [0.15, 0.2) is 0 Å². The van der Waals surface area contributed by atoms with Crippen LogP contribution < -0.4 is 5.32 Å². The second-order valence-electron chi connectivity index (χ2n) is 4.98. The van der Waals surface area contributed by atoms with Crippen LogP contribution in [-0.4, -0.2) is 60.9 Å². The molecule has 2 aliphatic heterocycles. The van der Waals surface area contributed by atoms with E-state index in [0.717, 1.165) is 32.5 Å². The Balaban J connectivity index is 0.00000162. The minimum absolute atomic E-state index is 0. The average Bonchev–Trinajstić information content (AvgIpc) is 2.39. The van der Waals surface area contributed by atoms with Gasteiger partial charge in [-0.15, -0.1) is 12.4 Å². The standard InChI is InChI=1S/C12H22N2O3.ClH/c1-9(15)10-2-5-14(6-3-10)12(16)11-8-17-7-4-13-11;/h9-11,13,15H,2-8H2,1H3;1H. The Labute approximate surface area is 114 Å². The first-order valence-electron chi connectivity index (χ1n) is 6.46. The van der Waals surface area contributed by atoms with Crippen LogP contribution in [0.2, 0.25) is 0 Å². The van der Waals surface area contributed by atoms with E-state index < -0.39 is 0 Å². The van der Waals surface area contributed by atoms with Gasteiger partial charge in [-0.3, -0.25) is 4.79 Å². The highest BCUT2D eigenvalue weighted by atomic mass is 35.5. The van der Waals surface area contributed by atoms with Crippen molar-refractivity contribution in [2.45, 2.75) is 31.9 Å². The summed E-state index contributed by atoms with van der Waals surface area (Å²) in [6, 6.07) is -0.174. The van der Waals surface area contributed by atoms with E-state index in [1.807, 2.05) is 11.8 Å². The highest BCUT2D eigenvalue weighted by molar-refractivity contribution is 5.85. The maximum absolute atomic E-state index is 12.2. The molecule has 2 N–H and O–H groups in total. The first-order chi connectivity index (χ1) is 8.18. The Morgan fingerprint density at radius 2 is 2.11 bits per heavy atom. The number of ether oxygens (including phenoxy) is 1. The smallest absolute Gasteiger partial charge is 0.242 e.